The van der Waals surface area contributed by atoms with Crippen LogP contribution in [0, 0.1) is 0 Å². The molecule has 0 aliphatic rings. The minimum atomic E-state index is -0.234. The van der Waals surface area contributed by atoms with Gasteiger partial charge < -0.3 is 0 Å². The molecule has 0 aliphatic heterocycles. The van der Waals surface area contributed by atoms with E-state index in [1.807, 2.05) is 36.4 Å². The molecule has 0 unspecified atom stereocenters. The fourth-order valence-electron chi connectivity index (χ4n) is 3.35. The smallest absolute Gasteiger partial charge is 0.194 e. The van der Waals surface area contributed by atoms with Crippen molar-refractivity contribution in [2.75, 3.05) is 0 Å². The Hall–Kier alpha value is -3.20. The number of ketones is 2. The van der Waals surface area contributed by atoms with Crippen molar-refractivity contribution < 1.29 is 9.59 Å². The minimum Gasteiger partial charge on any atom is -0.289 e. The lowest BCUT2D eigenvalue weighted by Gasteiger charge is -2.14. The van der Waals surface area contributed by atoms with Gasteiger partial charge in [-0.2, -0.15) is 0 Å². The molecule has 30 heavy (non-hydrogen) atoms. The first-order chi connectivity index (χ1) is 14.5. The Balaban J connectivity index is 1.92. The molecular formula is C26H16Cl2O2. The molecule has 0 radical (unpaired) electrons. The number of hydrogen-bond acceptors (Lipinski definition) is 2. The average molecular weight is 431 g/mol. The van der Waals surface area contributed by atoms with Crippen molar-refractivity contribution in [1.29, 1.82) is 0 Å². The first-order valence-corrected chi connectivity index (χ1v) is 10.1. The molecule has 0 aliphatic carbocycles. The van der Waals surface area contributed by atoms with Crippen molar-refractivity contribution in [2.24, 2.45) is 0 Å². The highest BCUT2D eigenvalue weighted by Crippen LogP contribution is 2.30. The van der Waals surface area contributed by atoms with Gasteiger partial charge in [-0.25, -0.2) is 0 Å². The van der Waals surface area contributed by atoms with E-state index < -0.39 is 0 Å². The van der Waals surface area contributed by atoms with Crippen LogP contribution in [0.4, 0.5) is 0 Å². The van der Waals surface area contributed by atoms with Crippen molar-refractivity contribution >= 4 is 34.8 Å². The van der Waals surface area contributed by atoms with Crippen molar-refractivity contribution in [1.82, 2.24) is 0 Å². The fraction of sp³-hybridized carbons (Fsp3) is 0. The van der Waals surface area contributed by atoms with Crippen molar-refractivity contribution in [3.05, 3.63) is 129 Å². The molecule has 146 valence electrons. The van der Waals surface area contributed by atoms with Crippen LogP contribution in [0.25, 0.3) is 11.1 Å². The summed E-state index contributed by atoms with van der Waals surface area (Å²) in [6.45, 7) is 0. The topological polar surface area (TPSA) is 34.1 Å². The zero-order valence-electron chi connectivity index (χ0n) is 15.8. The van der Waals surface area contributed by atoms with Crippen LogP contribution >= 0.6 is 23.2 Å². The van der Waals surface area contributed by atoms with Crippen molar-refractivity contribution in [3.63, 3.8) is 0 Å². The first kappa shape index (κ1) is 20.1. The maximum absolute atomic E-state index is 13.5. The molecule has 4 aromatic carbocycles. The summed E-state index contributed by atoms with van der Waals surface area (Å²) < 4.78 is 0. The summed E-state index contributed by atoms with van der Waals surface area (Å²) in [5.74, 6) is -0.467. The van der Waals surface area contributed by atoms with Gasteiger partial charge >= 0.3 is 0 Å². The molecule has 0 saturated carbocycles. The monoisotopic (exact) mass is 430 g/mol. The summed E-state index contributed by atoms with van der Waals surface area (Å²) in [6, 6.07) is 28.2. The van der Waals surface area contributed by atoms with Gasteiger partial charge in [-0.3, -0.25) is 9.59 Å². The van der Waals surface area contributed by atoms with Crippen LogP contribution in [-0.2, 0) is 0 Å². The molecule has 0 fully saturated rings. The maximum atomic E-state index is 13.5. The molecule has 4 rings (SSSR count). The lowest BCUT2D eigenvalue weighted by atomic mass is 9.87. The number of benzene rings is 4. The Morgan fingerprint density at radius 1 is 0.533 bits per heavy atom. The second-order valence-electron chi connectivity index (χ2n) is 6.77. The van der Waals surface area contributed by atoms with Gasteiger partial charge in [-0.05, 0) is 59.7 Å². The Labute approximate surface area is 184 Å². The molecule has 4 aromatic rings. The molecule has 0 bridgehead atoms. The SMILES string of the molecule is O=C(c1ccc(Cl)cc1)c1cccc(-c2ccccc2)c1C(=O)c1ccc(Cl)cc1. The third kappa shape index (κ3) is 4.06. The van der Waals surface area contributed by atoms with Crippen LogP contribution in [0.2, 0.25) is 10.0 Å². The maximum Gasteiger partial charge on any atom is 0.194 e. The molecule has 0 amide bonds. The average Bonchev–Trinajstić information content (AvgIpc) is 2.79. The van der Waals surface area contributed by atoms with Crippen LogP contribution in [0.3, 0.4) is 0 Å². The normalized spacial score (nSPS) is 10.6. The molecular weight excluding hydrogens is 415 g/mol. The van der Waals surface area contributed by atoms with Crippen LogP contribution in [0.1, 0.15) is 31.8 Å². The highest BCUT2D eigenvalue weighted by molar-refractivity contribution is 6.31. The molecule has 0 atom stereocenters. The van der Waals surface area contributed by atoms with Crippen LogP contribution < -0.4 is 0 Å². The van der Waals surface area contributed by atoms with E-state index >= 15 is 0 Å². The molecule has 0 heterocycles. The number of carbonyl (C=O) groups excluding carboxylic acids is 2. The van der Waals surface area contributed by atoms with Gasteiger partial charge in [0.25, 0.3) is 0 Å². The summed E-state index contributed by atoms with van der Waals surface area (Å²) in [6.07, 6.45) is 0. The van der Waals surface area contributed by atoms with Crippen LogP contribution in [0.5, 0.6) is 0 Å². The summed E-state index contributed by atoms with van der Waals surface area (Å²) >= 11 is 12.0. The molecule has 0 aromatic heterocycles. The molecule has 0 spiro atoms. The van der Waals surface area contributed by atoms with Crippen molar-refractivity contribution in [2.45, 2.75) is 0 Å². The van der Waals surface area contributed by atoms with E-state index in [0.29, 0.717) is 37.9 Å². The third-order valence-corrected chi connectivity index (χ3v) is 5.34. The van der Waals surface area contributed by atoms with E-state index in [0.717, 1.165) is 5.56 Å². The Kier molecular flexibility index (Phi) is 5.80. The Bertz CT molecular complexity index is 1210. The minimum absolute atomic E-state index is 0.233. The van der Waals surface area contributed by atoms with E-state index in [1.54, 1.807) is 60.7 Å². The highest BCUT2D eigenvalue weighted by atomic mass is 35.5. The second-order valence-corrected chi connectivity index (χ2v) is 7.64. The summed E-state index contributed by atoms with van der Waals surface area (Å²) in [5.41, 5.74) is 3.21. The number of halogens is 2. The number of rotatable bonds is 5. The van der Waals surface area contributed by atoms with E-state index in [-0.39, 0.29) is 11.6 Å². The van der Waals surface area contributed by atoms with E-state index in [1.165, 1.54) is 0 Å². The van der Waals surface area contributed by atoms with Gasteiger partial charge in [-0.15, -0.1) is 0 Å². The quantitative estimate of drug-likeness (QED) is 0.315. The van der Waals surface area contributed by atoms with Gasteiger partial charge in [0.2, 0.25) is 0 Å². The summed E-state index contributed by atoms with van der Waals surface area (Å²) in [4.78, 5) is 26.9. The van der Waals surface area contributed by atoms with Gasteiger partial charge in [0.05, 0.1) is 0 Å². The van der Waals surface area contributed by atoms with Gasteiger partial charge in [0, 0.05) is 32.3 Å². The first-order valence-electron chi connectivity index (χ1n) is 9.33. The van der Waals surface area contributed by atoms with E-state index in [2.05, 4.69) is 0 Å². The third-order valence-electron chi connectivity index (χ3n) is 4.83. The predicted molar refractivity (Wildman–Crippen MR) is 122 cm³/mol. The van der Waals surface area contributed by atoms with Gasteiger partial charge in [-0.1, -0.05) is 71.7 Å². The highest BCUT2D eigenvalue weighted by Gasteiger charge is 2.23. The Morgan fingerprint density at radius 3 is 1.63 bits per heavy atom. The molecule has 4 heteroatoms. The number of hydrogen-bond donors (Lipinski definition) is 0. The predicted octanol–water partition coefficient (Wildman–Crippen LogP) is 7.12. The summed E-state index contributed by atoms with van der Waals surface area (Å²) in [5, 5.41) is 1.09. The molecule has 0 N–H and O–H groups in total. The Morgan fingerprint density at radius 2 is 1.07 bits per heavy atom. The molecule has 0 saturated heterocycles. The summed E-state index contributed by atoms with van der Waals surface area (Å²) in [7, 11) is 0. The zero-order chi connectivity index (χ0) is 21.1. The second kappa shape index (κ2) is 8.66. The van der Waals surface area contributed by atoms with E-state index in [4.69, 9.17) is 23.2 Å². The van der Waals surface area contributed by atoms with Crippen LogP contribution in [0.15, 0.2) is 97.1 Å². The van der Waals surface area contributed by atoms with Gasteiger partial charge in [0.15, 0.2) is 11.6 Å². The zero-order valence-corrected chi connectivity index (χ0v) is 17.3. The standard InChI is InChI=1S/C26H16Cl2O2/c27-20-13-9-18(10-14-20)25(29)23-8-4-7-22(17-5-2-1-3-6-17)24(23)26(30)19-11-15-21(28)16-12-19/h1-16H. The lowest BCUT2D eigenvalue weighted by Crippen LogP contribution is -2.13. The number of carbonyl (C=O) groups is 2. The lowest BCUT2D eigenvalue weighted by molar-refractivity contribution is 0.100. The van der Waals surface area contributed by atoms with Crippen LogP contribution in [-0.4, -0.2) is 11.6 Å². The van der Waals surface area contributed by atoms with Gasteiger partial charge in [0.1, 0.15) is 0 Å². The van der Waals surface area contributed by atoms with Crippen molar-refractivity contribution in [3.8, 4) is 11.1 Å². The molecule has 2 nitrogen and oxygen atoms in total. The van der Waals surface area contributed by atoms with E-state index in [9.17, 15) is 9.59 Å². The largest absolute Gasteiger partial charge is 0.289 e. The fourth-order valence-corrected chi connectivity index (χ4v) is 3.60.